The van der Waals surface area contributed by atoms with Crippen molar-refractivity contribution in [3.8, 4) is 0 Å². The van der Waals surface area contributed by atoms with Gasteiger partial charge in [0.1, 0.15) is 12.6 Å². The van der Waals surface area contributed by atoms with Crippen molar-refractivity contribution < 1.29 is 20.3 Å². The molecule has 0 rings (SSSR count). The molecule has 0 spiro atoms. The van der Waals surface area contributed by atoms with Crippen LogP contribution in [0.25, 0.3) is 0 Å². The first-order valence-electron chi connectivity index (χ1n) is 2.77. The first kappa shape index (κ1) is 8.98. The highest BCUT2D eigenvalue weighted by molar-refractivity contribution is 7.37. The van der Waals surface area contributed by atoms with Crippen LogP contribution in [-0.2, 0) is 4.57 Å². The Morgan fingerprint density at radius 2 is 2.22 bits per heavy atom. The predicted octanol–water partition coefficient (Wildman–Crippen LogP) is -1.29. The van der Waals surface area contributed by atoms with E-state index >= 15 is 0 Å². The number of aliphatic hydroxyl groups is 1. The summed E-state index contributed by atoms with van der Waals surface area (Å²) in [5.74, 6) is 0. The molecule has 0 aromatic carbocycles. The first-order chi connectivity index (χ1) is 4.16. The predicted molar refractivity (Wildman–Crippen MR) is 33.1 cm³/mol. The Labute approximate surface area is 54.6 Å². The molecule has 5 heteroatoms. The van der Waals surface area contributed by atoms with E-state index < -0.39 is 14.1 Å². The minimum Gasteiger partial charge on any atom is -0.387 e. The van der Waals surface area contributed by atoms with Crippen molar-refractivity contribution in [1.82, 2.24) is 0 Å². The summed E-state index contributed by atoms with van der Waals surface area (Å²) in [7, 11) is -2.08. The van der Waals surface area contributed by atoms with E-state index in [4.69, 9.17) is 10.00 Å². The summed E-state index contributed by atoms with van der Waals surface area (Å²) < 4.78 is 10.0. The Morgan fingerprint density at radius 1 is 1.67 bits per heavy atom. The monoisotopic (exact) mass is 153 g/mol. The third-order valence-corrected chi connectivity index (χ3v) is 1.63. The highest BCUT2D eigenvalue weighted by atomic mass is 31.1. The van der Waals surface area contributed by atoms with Gasteiger partial charge in [0.25, 0.3) is 0 Å². The lowest BCUT2D eigenvalue weighted by Crippen LogP contribution is -2.55. The summed E-state index contributed by atoms with van der Waals surface area (Å²) in [6, 6.07) is 0. The van der Waals surface area contributed by atoms with Crippen molar-refractivity contribution in [2.24, 2.45) is 0 Å². The third kappa shape index (κ3) is 5.86. The second-order valence-corrected chi connectivity index (χ2v) is 2.96. The molecule has 0 aromatic heterocycles. The second-order valence-electron chi connectivity index (χ2n) is 1.81. The summed E-state index contributed by atoms with van der Waals surface area (Å²) in [6.07, 6.45) is 0.0254. The summed E-state index contributed by atoms with van der Waals surface area (Å²) in [6.45, 7) is 0.406. The van der Waals surface area contributed by atoms with Gasteiger partial charge >= 0.3 is 8.03 Å². The van der Waals surface area contributed by atoms with Crippen LogP contribution in [0.3, 0.4) is 0 Å². The molecule has 2 atom stereocenters. The van der Waals surface area contributed by atoms with Gasteiger partial charge in [-0.15, -0.1) is 0 Å². The third-order valence-electron chi connectivity index (χ3n) is 0.987. The van der Waals surface area contributed by atoms with Gasteiger partial charge < -0.3 is 10.8 Å². The van der Waals surface area contributed by atoms with Gasteiger partial charge in [-0.3, -0.25) is 0 Å². The first-order valence-corrected chi connectivity index (χ1v) is 4.17. The second kappa shape index (κ2) is 4.82. The van der Waals surface area contributed by atoms with Crippen molar-refractivity contribution in [2.45, 2.75) is 12.5 Å². The lowest BCUT2D eigenvalue weighted by atomic mass is 10.3. The fourth-order valence-corrected chi connectivity index (χ4v) is 0.923. The van der Waals surface area contributed by atoms with Crippen LogP contribution in [0.15, 0.2) is 0 Å². The van der Waals surface area contributed by atoms with Gasteiger partial charge in [-0.05, 0) is 4.57 Å². The Bertz CT molecular complexity index is 97.8. The summed E-state index contributed by atoms with van der Waals surface area (Å²) in [5, 5.41) is 8.80. The highest BCUT2D eigenvalue weighted by Crippen LogP contribution is 2.14. The molecular weight excluding hydrogens is 141 g/mol. The maximum atomic E-state index is 10.0. The largest absolute Gasteiger partial charge is 0.505 e. The molecule has 2 unspecified atom stereocenters. The molecule has 54 valence electrons. The molecule has 9 heavy (non-hydrogen) atoms. The van der Waals surface area contributed by atoms with Gasteiger partial charge in [0, 0.05) is 6.42 Å². The fraction of sp³-hybridized carbons (Fsp3) is 1.00. The van der Waals surface area contributed by atoms with E-state index in [0.29, 0.717) is 13.0 Å². The standard InChI is InChI=1S/C4H10NO3P/c5-3-4(6)1-2-9(7)8/h4,6H,1-3,5H2/p+2. The van der Waals surface area contributed by atoms with Gasteiger partial charge in [-0.2, -0.15) is 4.89 Å². The molecule has 0 bridgehead atoms. The molecule has 4 nitrogen and oxygen atoms in total. The SMILES string of the molecule is [NH3+]CC(O)CC[P+](=O)O. The average molecular weight is 153 g/mol. The van der Waals surface area contributed by atoms with Crippen LogP contribution < -0.4 is 5.73 Å². The highest BCUT2D eigenvalue weighted by Gasteiger charge is 2.13. The van der Waals surface area contributed by atoms with Crippen LogP contribution in [0.1, 0.15) is 6.42 Å². The quantitative estimate of drug-likeness (QED) is 0.439. The van der Waals surface area contributed by atoms with E-state index in [1.807, 2.05) is 0 Å². The van der Waals surface area contributed by atoms with Crippen LogP contribution in [0.2, 0.25) is 0 Å². The number of hydrogen-bond donors (Lipinski definition) is 3. The zero-order valence-electron chi connectivity index (χ0n) is 5.16. The fourth-order valence-electron chi connectivity index (χ4n) is 0.404. The summed E-state index contributed by atoms with van der Waals surface area (Å²) >= 11 is 0. The molecule has 0 aromatic rings. The normalized spacial score (nSPS) is 15.2. The number of quaternary nitrogens is 1. The van der Waals surface area contributed by atoms with Crippen molar-refractivity contribution in [3.05, 3.63) is 0 Å². The molecule has 0 fully saturated rings. The minimum absolute atomic E-state index is 0.173. The molecule has 0 amide bonds. The average Bonchev–Trinajstić information content (AvgIpc) is 1.83. The summed E-state index contributed by atoms with van der Waals surface area (Å²) in [4.78, 5) is 8.27. The minimum atomic E-state index is -2.08. The molecule has 0 saturated heterocycles. The molecular formula is C4H12NO3P+2. The van der Waals surface area contributed by atoms with E-state index in [9.17, 15) is 4.57 Å². The molecule has 0 aliphatic heterocycles. The van der Waals surface area contributed by atoms with Crippen LogP contribution >= 0.6 is 8.03 Å². The van der Waals surface area contributed by atoms with Gasteiger partial charge in [-0.1, -0.05) is 0 Å². The van der Waals surface area contributed by atoms with Gasteiger partial charge in [0.15, 0.2) is 6.16 Å². The summed E-state index contributed by atoms with van der Waals surface area (Å²) in [5.41, 5.74) is 3.44. The topological polar surface area (TPSA) is 85.2 Å². The molecule has 0 saturated carbocycles. The van der Waals surface area contributed by atoms with Crippen LogP contribution in [-0.4, -0.2) is 28.8 Å². The molecule has 0 radical (unpaired) electrons. The van der Waals surface area contributed by atoms with E-state index in [0.717, 1.165) is 0 Å². The maximum Gasteiger partial charge on any atom is 0.505 e. The van der Waals surface area contributed by atoms with E-state index in [-0.39, 0.29) is 6.16 Å². The lowest BCUT2D eigenvalue weighted by molar-refractivity contribution is -0.383. The maximum absolute atomic E-state index is 10.0. The molecule has 0 aliphatic carbocycles. The zero-order chi connectivity index (χ0) is 7.28. The Balaban J connectivity index is 3.16. The Kier molecular flexibility index (Phi) is 4.81. The Morgan fingerprint density at radius 3 is 2.56 bits per heavy atom. The van der Waals surface area contributed by atoms with Crippen molar-refractivity contribution >= 4 is 8.03 Å². The van der Waals surface area contributed by atoms with Crippen molar-refractivity contribution in [2.75, 3.05) is 12.7 Å². The van der Waals surface area contributed by atoms with Crippen LogP contribution in [0.4, 0.5) is 0 Å². The van der Waals surface area contributed by atoms with Gasteiger partial charge in [0.05, 0.1) is 0 Å². The molecule has 0 heterocycles. The van der Waals surface area contributed by atoms with E-state index in [1.165, 1.54) is 0 Å². The van der Waals surface area contributed by atoms with E-state index in [1.54, 1.807) is 0 Å². The molecule has 0 aliphatic rings. The molecule has 5 N–H and O–H groups in total. The van der Waals surface area contributed by atoms with Gasteiger partial charge in [-0.25, -0.2) is 0 Å². The zero-order valence-corrected chi connectivity index (χ0v) is 6.05. The van der Waals surface area contributed by atoms with Gasteiger partial charge in [0.2, 0.25) is 0 Å². The van der Waals surface area contributed by atoms with E-state index in [2.05, 4.69) is 5.73 Å². The van der Waals surface area contributed by atoms with Crippen molar-refractivity contribution in [1.29, 1.82) is 0 Å². The number of rotatable bonds is 4. The number of hydrogen-bond acceptors (Lipinski definition) is 2. The van der Waals surface area contributed by atoms with Crippen LogP contribution in [0.5, 0.6) is 0 Å². The number of aliphatic hydroxyl groups excluding tert-OH is 1. The van der Waals surface area contributed by atoms with Crippen molar-refractivity contribution in [3.63, 3.8) is 0 Å². The smallest absolute Gasteiger partial charge is 0.387 e. The lowest BCUT2D eigenvalue weighted by Gasteiger charge is -1.96. The Hall–Kier alpha value is -0.0200. The van der Waals surface area contributed by atoms with Crippen LogP contribution in [0, 0.1) is 0 Å².